The zero-order valence-electron chi connectivity index (χ0n) is 12.7. The van der Waals surface area contributed by atoms with Gasteiger partial charge in [-0.3, -0.25) is 4.79 Å². The summed E-state index contributed by atoms with van der Waals surface area (Å²) in [5.41, 5.74) is 8.10. The quantitative estimate of drug-likeness (QED) is 0.168. The second-order valence-corrected chi connectivity index (χ2v) is 4.87. The van der Waals surface area contributed by atoms with Crippen molar-refractivity contribution in [2.45, 2.75) is 37.6 Å². The summed E-state index contributed by atoms with van der Waals surface area (Å²) in [6.07, 6.45) is -4.77. The normalized spacial score (nSPS) is 30.5. The van der Waals surface area contributed by atoms with Gasteiger partial charge in [-0.2, -0.15) is 0 Å². The molecule has 1 aliphatic heterocycles. The maximum Gasteiger partial charge on any atom is 0.217 e. The number of nitrogens with one attached hydrogen (secondary N) is 1. The van der Waals surface area contributed by atoms with Gasteiger partial charge in [0.2, 0.25) is 5.91 Å². The SMILES string of the molecule is CC(=O)N[C@H]1[C@H](OCCOCCN=[N+]=[N-])O[C@H](CO)[C@@H](O)[C@@H]1O. The number of aliphatic hydroxyl groups is 3. The molecule has 132 valence electrons. The Kier molecular flexibility index (Phi) is 8.81. The first-order valence-corrected chi connectivity index (χ1v) is 7.11. The first-order chi connectivity index (χ1) is 11.0. The predicted octanol–water partition coefficient (Wildman–Crippen LogP) is -1.73. The van der Waals surface area contributed by atoms with Crippen molar-refractivity contribution >= 4 is 5.91 Å². The summed E-state index contributed by atoms with van der Waals surface area (Å²) in [4.78, 5) is 13.8. The Morgan fingerprint density at radius 3 is 2.70 bits per heavy atom. The zero-order chi connectivity index (χ0) is 17.2. The Bertz CT molecular complexity index is 418. The van der Waals surface area contributed by atoms with E-state index in [1.165, 1.54) is 6.92 Å². The Morgan fingerprint density at radius 1 is 1.35 bits per heavy atom. The van der Waals surface area contributed by atoms with Crippen LogP contribution in [0.2, 0.25) is 0 Å². The van der Waals surface area contributed by atoms with Crippen LogP contribution in [-0.4, -0.2) is 84.8 Å². The lowest BCUT2D eigenvalue weighted by molar-refractivity contribution is -0.272. The molecule has 0 saturated carbocycles. The van der Waals surface area contributed by atoms with Gasteiger partial charge in [-0.05, 0) is 5.53 Å². The van der Waals surface area contributed by atoms with Crippen LogP contribution in [0.15, 0.2) is 5.11 Å². The van der Waals surface area contributed by atoms with Crippen LogP contribution >= 0.6 is 0 Å². The molecule has 0 radical (unpaired) electrons. The van der Waals surface area contributed by atoms with E-state index in [-0.39, 0.29) is 26.4 Å². The molecular weight excluding hydrogens is 312 g/mol. The lowest BCUT2D eigenvalue weighted by Crippen LogP contribution is -2.64. The van der Waals surface area contributed by atoms with Gasteiger partial charge in [0.25, 0.3) is 0 Å². The number of nitrogens with zero attached hydrogens (tertiary/aromatic N) is 3. The number of amides is 1. The van der Waals surface area contributed by atoms with Crippen LogP contribution in [0.5, 0.6) is 0 Å². The van der Waals surface area contributed by atoms with Gasteiger partial charge in [0.05, 0.1) is 26.4 Å². The van der Waals surface area contributed by atoms with Crippen molar-refractivity contribution < 1.29 is 34.3 Å². The van der Waals surface area contributed by atoms with Crippen LogP contribution in [0.1, 0.15) is 6.92 Å². The third kappa shape index (κ3) is 6.28. The third-order valence-corrected chi connectivity index (χ3v) is 3.16. The van der Waals surface area contributed by atoms with Crippen LogP contribution in [-0.2, 0) is 19.0 Å². The Hall–Kier alpha value is -1.46. The van der Waals surface area contributed by atoms with E-state index in [4.69, 9.17) is 24.8 Å². The fraction of sp³-hybridized carbons (Fsp3) is 0.917. The molecule has 1 amide bonds. The molecule has 1 saturated heterocycles. The minimum absolute atomic E-state index is 0.0813. The molecule has 1 rings (SSSR count). The summed E-state index contributed by atoms with van der Waals surface area (Å²) in [7, 11) is 0. The van der Waals surface area contributed by atoms with E-state index in [2.05, 4.69) is 15.3 Å². The van der Waals surface area contributed by atoms with E-state index >= 15 is 0 Å². The van der Waals surface area contributed by atoms with E-state index < -0.39 is 43.2 Å². The van der Waals surface area contributed by atoms with Crippen LogP contribution in [0, 0.1) is 0 Å². The first-order valence-electron chi connectivity index (χ1n) is 7.11. The number of aliphatic hydroxyl groups excluding tert-OH is 3. The summed E-state index contributed by atoms with van der Waals surface area (Å²) < 4.78 is 15.9. The fourth-order valence-electron chi connectivity index (χ4n) is 2.09. The van der Waals surface area contributed by atoms with Gasteiger partial charge >= 0.3 is 0 Å². The lowest BCUT2D eigenvalue weighted by Gasteiger charge is -2.42. The minimum Gasteiger partial charge on any atom is -0.394 e. The number of carbonyl (C=O) groups excluding carboxylic acids is 1. The summed E-state index contributed by atoms with van der Waals surface area (Å²) in [5.74, 6) is -0.425. The van der Waals surface area contributed by atoms with Crippen LogP contribution in [0.4, 0.5) is 0 Å². The van der Waals surface area contributed by atoms with Crippen molar-refractivity contribution in [1.82, 2.24) is 5.32 Å². The fourth-order valence-corrected chi connectivity index (χ4v) is 2.09. The van der Waals surface area contributed by atoms with Crippen LogP contribution in [0.3, 0.4) is 0 Å². The van der Waals surface area contributed by atoms with Gasteiger partial charge in [0.15, 0.2) is 6.29 Å². The van der Waals surface area contributed by atoms with Crippen molar-refractivity contribution in [3.8, 4) is 0 Å². The molecule has 0 aromatic heterocycles. The maximum absolute atomic E-state index is 11.2. The number of carbonyl (C=O) groups is 1. The van der Waals surface area contributed by atoms with Crippen molar-refractivity contribution in [1.29, 1.82) is 0 Å². The highest BCUT2D eigenvalue weighted by atomic mass is 16.7. The monoisotopic (exact) mass is 334 g/mol. The highest BCUT2D eigenvalue weighted by molar-refractivity contribution is 5.73. The molecule has 23 heavy (non-hydrogen) atoms. The molecule has 1 aliphatic rings. The first kappa shape index (κ1) is 19.6. The van der Waals surface area contributed by atoms with Crippen LogP contribution < -0.4 is 5.32 Å². The average Bonchev–Trinajstić information content (AvgIpc) is 2.52. The smallest absolute Gasteiger partial charge is 0.217 e. The Morgan fingerprint density at radius 2 is 2.09 bits per heavy atom. The van der Waals surface area contributed by atoms with Crippen molar-refractivity contribution in [3.63, 3.8) is 0 Å². The molecule has 1 heterocycles. The van der Waals surface area contributed by atoms with Crippen molar-refractivity contribution in [3.05, 3.63) is 10.4 Å². The largest absolute Gasteiger partial charge is 0.394 e. The summed E-state index contributed by atoms with van der Waals surface area (Å²) in [6, 6.07) is -0.978. The molecule has 11 heteroatoms. The minimum atomic E-state index is -1.35. The molecular formula is C12H22N4O7. The van der Waals surface area contributed by atoms with E-state index in [0.717, 1.165) is 0 Å². The third-order valence-electron chi connectivity index (χ3n) is 3.16. The lowest BCUT2D eigenvalue weighted by atomic mass is 9.97. The zero-order valence-corrected chi connectivity index (χ0v) is 12.7. The number of rotatable bonds is 9. The molecule has 4 N–H and O–H groups in total. The van der Waals surface area contributed by atoms with Gasteiger partial charge in [0.1, 0.15) is 24.4 Å². The molecule has 0 unspecified atom stereocenters. The van der Waals surface area contributed by atoms with Gasteiger partial charge in [0, 0.05) is 18.4 Å². The Balaban J connectivity index is 2.49. The predicted molar refractivity (Wildman–Crippen MR) is 76.1 cm³/mol. The second kappa shape index (κ2) is 10.3. The van der Waals surface area contributed by atoms with Gasteiger partial charge < -0.3 is 34.8 Å². The van der Waals surface area contributed by atoms with Crippen molar-refractivity contribution in [2.24, 2.45) is 5.11 Å². The van der Waals surface area contributed by atoms with E-state index in [9.17, 15) is 15.0 Å². The van der Waals surface area contributed by atoms with E-state index in [0.29, 0.717) is 0 Å². The van der Waals surface area contributed by atoms with Gasteiger partial charge in [-0.1, -0.05) is 5.11 Å². The molecule has 0 aromatic carbocycles. The number of hydrogen-bond acceptors (Lipinski definition) is 8. The maximum atomic E-state index is 11.2. The van der Waals surface area contributed by atoms with Crippen LogP contribution in [0.25, 0.3) is 10.4 Å². The molecule has 1 fully saturated rings. The molecule has 5 atom stereocenters. The summed E-state index contributed by atoms with van der Waals surface area (Å²) in [6.45, 7) is 1.44. The standard InChI is InChI=1S/C12H22N4O7/c1-7(18)15-9-11(20)10(19)8(6-17)23-12(9)22-5-4-21-3-2-14-16-13/h8-12,17,19-20H,2-6H2,1H3,(H,15,18)/t8-,9-,10-,11-,12-/m1/s1. The molecule has 0 aromatic rings. The summed E-state index contributed by atoms with van der Waals surface area (Å²) in [5, 5.41) is 34.8. The number of ether oxygens (including phenoxy) is 3. The number of hydrogen-bond donors (Lipinski definition) is 4. The van der Waals surface area contributed by atoms with Gasteiger partial charge in [-0.15, -0.1) is 0 Å². The Labute approximate surface area is 132 Å². The van der Waals surface area contributed by atoms with E-state index in [1.807, 2.05) is 0 Å². The van der Waals surface area contributed by atoms with E-state index in [1.54, 1.807) is 0 Å². The molecule has 0 bridgehead atoms. The highest BCUT2D eigenvalue weighted by Gasteiger charge is 2.45. The molecule has 11 nitrogen and oxygen atoms in total. The average molecular weight is 334 g/mol. The molecule has 0 aliphatic carbocycles. The van der Waals surface area contributed by atoms with Crippen molar-refractivity contribution in [2.75, 3.05) is 33.0 Å². The van der Waals surface area contributed by atoms with Gasteiger partial charge in [-0.25, -0.2) is 0 Å². The number of azide groups is 1. The summed E-state index contributed by atoms with van der Waals surface area (Å²) >= 11 is 0. The highest BCUT2D eigenvalue weighted by Crippen LogP contribution is 2.22. The topological polar surface area (TPSA) is 166 Å². The second-order valence-electron chi connectivity index (χ2n) is 4.87. The molecule has 0 spiro atoms.